The molecule has 0 saturated carbocycles. The van der Waals surface area contributed by atoms with Crippen molar-refractivity contribution in [1.29, 1.82) is 0 Å². The molecule has 6 nitrogen and oxygen atoms in total. The lowest BCUT2D eigenvalue weighted by Crippen LogP contribution is -2.25. The first-order chi connectivity index (χ1) is 5.50. The molecule has 0 aliphatic rings. The monoisotopic (exact) mass is 190 g/mol. The molecule has 1 heterocycles. The minimum Gasteiger partial charge on any atom is -0.262 e. The SMILES string of the molecule is CN(Cc1ncn[nH]1)S(C)(=O)=O. The summed E-state index contributed by atoms with van der Waals surface area (Å²) in [7, 11) is -1.65. The molecule has 0 aromatic carbocycles. The van der Waals surface area contributed by atoms with Gasteiger partial charge in [0.1, 0.15) is 12.2 Å². The summed E-state index contributed by atoms with van der Waals surface area (Å²) in [6.07, 6.45) is 2.48. The van der Waals surface area contributed by atoms with Crippen LogP contribution in [-0.4, -0.2) is 41.2 Å². The van der Waals surface area contributed by atoms with E-state index in [4.69, 9.17) is 0 Å². The molecule has 7 heteroatoms. The number of aromatic amines is 1. The Balaban J connectivity index is 2.66. The fourth-order valence-corrected chi connectivity index (χ4v) is 0.992. The lowest BCUT2D eigenvalue weighted by molar-refractivity contribution is 0.462. The Morgan fingerprint density at radius 3 is 2.75 bits per heavy atom. The standard InChI is InChI=1S/C5H10N4O2S/c1-9(12(2,10)11)3-5-6-4-7-8-5/h4H,3H2,1-2H3,(H,6,7,8). The molecule has 0 aliphatic carbocycles. The summed E-state index contributed by atoms with van der Waals surface area (Å²) in [6, 6.07) is 0. The van der Waals surface area contributed by atoms with Crippen LogP contribution in [0.1, 0.15) is 5.82 Å². The highest BCUT2D eigenvalue weighted by molar-refractivity contribution is 7.88. The summed E-state index contributed by atoms with van der Waals surface area (Å²) < 4.78 is 23.0. The van der Waals surface area contributed by atoms with Gasteiger partial charge in [0.05, 0.1) is 12.8 Å². The molecule has 0 amide bonds. The normalized spacial score (nSPS) is 12.2. The fraction of sp³-hybridized carbons (Fsp3) is 0.600. The molecular weight excluding hydrogens is 180 g/mol. The Hall–Kier alpha value is -0.950. The van der Waals surface area contributed by atoms with Gasteiger partial charge < -0.3 is 0 Å². The second-order valence-electron chi connectivity index (χ2n) is 2.45. The summed E-state index contributed by atoms with van der Waals surface area (Å²) in [6.45, 7) is 0.221. The number of sulfonamides is 1. The fourth-order valence-electron chi connectivity index (χ4n) is 0.635. The molecule has 1 aromatic rings. The van der Waals surface area contributed by atoms with Gasteiger partial charge in [0, 0.05) is 7.05 Å². The van der Waals surface area contributed by atoms with E-state index in [1.54, 1.807) is 0 Å². The number of aromatic nitrogens is 3. The highest BCUT2D eigenvalue weighted by Gasteiger charge is 2.11. The third kappa shape index (κ3) is 2.28. The Kier molecular flexibility index (Phi) is 2.43. The van der Waals surface area contributed by atoms with Crippen molar-refractivity contribution >= 4 is 10.0 Å². The van der Waals surface area contributed by atoms with E-state index in [9.17, 15) is 8.42 Å². The zero-order valence-corrected chi connectivity index (χ0v) is 7.67. The first-order valence-electron chi connectivity index (χ1n) is 3.25. The van der Waals surface area contributed by atoms with Crippen LogP contribution in [0.25, 0.3) is 0 Å². The summed E-state index contributed by atoms with van der Waals surface area (Å²) in [5.74, 6) is 0.530. The topological polar surface area (TPSA) is 79.0 Å². The number of H-pyrrole nitrogens is 1. The van der Waals surface area contributed by atoms with Crippen molar-refractivity contribution < 1.29 is 8.42 Å². The van der Waals surface area contributed by atoms with Crippen LogP contribution in [-0.2, 0) is 16.6 Å². The summed E-state index contributed by atoms with van der Waals surface area (Å²) in [4.78, 5) is 3.80. The molecule has 0 saturated heterocycles. The minimum absolute atomic E-state index is 0.221. The maximum absolute atomic E-state index is 10.9. The lowest BCUT2D eigenvalue weighted by atomic mass is 10.6. The van der Waals surface area contributed by atoms with Crippen molar-refractivity contribution in [1.82, 2.24) is 19.5 Å². The first kappa shape index (κ1) is 9.14. The van der Waals surface area contributed by atoms with E-state index < -0.39 is 10.0 Å². The maximum Gasteiger partial charge on any atom is 0.211 e. The molecule has 68 valence electrons. The lowest BCUT2D eigenvalue weighted by Gasteiger charge is -2.10. The predicted octanol–water partition coefficient (Wildman–Crippen LogP) is -0.804. The van der Waals surface area contributed by atoms with E-state index in [2.05, 4.69) is 15.2 Å². The Morgan fingerprint density at radius 1 is 1.67 bits per heavy atom. The van der Waals surface area contributed by atoms with Crippen molar-refractivity contribution in [2.45, 2.75) is 6.54 Å². The third-order valence-electron chi connectivity index (χ3n) is 1.40. The van der Waals surface area contributed by atoms with E-state index in [1.165, 1.54) is 17.7 Å². The number of nitrogens with one attached hydrogen (secondary N) is 1. The van der Waals surface area contributed by atoms with Crippen molar-refractivity contribution in [2.24, 2.45) is 0 Å². The van der Waals surface area contributed by atoms with Gasteiger partial charge in [-0.1, -0.05) is 0 Å². The number of rotatable bonds is 3. The van der Waals surface area contributed by atoms with E-state index in [1.807, 2.05) is 0 Å². The smallest absolute Gasteiger partial charge is 0.211 e. The van der Waals surface area contributed by atoms with Gasteiger partial charge in [-0.05, 0) is 0 Å². The molecule has 12 heavy (non-hydrogen) atoms. The van der Waals surface area contributed by atoms with Crippen LogP contribution in [0.5, 0.6) is 0 Å². The van der Waals surface area contributed by atoms with Crippen molar-refractivity contribution in [2.75, 3.05) is 13.3 Å². The quantitative estimate of drug-likeness (QED) is 0.676. The largest absolute Gasteiger partial charge is 0.262 e. The molecule has 1 aromatic heterocycles. The van der Waals surface area contributed by atoms with Gasteiger partial charge in [-0.2, -0.15) is 9.40 Å². The van der Waals surface area contributed by atoms with Crippen LogP contribution in [0.3, 0.4) is 0 Å². The van der Waals surface area contributed by atoms with Crippen LogP contribution in [0.15, 0.2) is 6.33 Å². The van der Waals surface area contributed by atoms with Crippen LogP contribution < -0.4 is 0 Å². The zero-order valence-electron chi connectivity index (χ0n) is 6.85. The highest BCUT2D eigenvalue weighted by Crippen LogP contribution is 1.98. The van der Waals surface area contributed by atoms with Crippen molar-refractivity contribution in [3.63, 3.8) is 0 Å². The Morgan fingerprint density at radius 2 is 2.33 bits per heavy atom. The molecule has 0 spiro atoms. The first-order valence-corrected chi connectivity index (χ1v) is 5.10. The Labute approximate surface area is 70.7 Å². The number of nitrogens with zero attached hydrogens (tertiary/aromatic N) is 3. The van der Waals surface area contributed by atoms with Gasteiger partial charge in [-0.25, -0.2) is 13.4 Å². The van der Waals surface area contributed by atoms with Gasteiger partial charge in [-0.15, -0.1) is 0 Å². The highest BCUT2D eigenvalue weighted by atomic mass is 32.2. The van der Waals surface area contributed by atoms with Crippen molar-refractivity contribution in [3.05, 3.63) is 12.2 Å². The van der Waals surface area contributed by atoms with Gasteiger partial charge >= 0.3 is 0 Å². The average molecular weight is 190 g/mol. The van der Waals surface area contributed by atoms with E-state index in [0.29, 0.717) is 5.82 Å². The zero-order chi connectivity index (χ0) is 9.19. The molecular formula is C5H10N4O2S. The average Bonchev–Trinajstić information content (AvgIpc) is 2.37. The molecule has 1 rings (SSSR count). The summed E-state index contributed by atoms with van der Waals surface area (Å²) in [5.41, 5.74) is 0. The van der Waals surface area contributed by atoms with E-state index in [0.717, 1.165) is 6.26 Å². The van der Waals surface area contributed by atoms with Gasteiger partial charge in [0.2, 0.25) is 10.0 Å². The van der Waals surface area contributed by atoms with Gasteiger partial charge in [0.15, 0.2) is 0 Å². The Bertz CT molecular complexity index is 330. The van der Waals surface area contributed by atoms with Crippen LogP contribution in [0.4, 0.5) is 0 Å². The second kappa shape index (κ2) is 3.20. The van der Waals surface area contributed by atoms with Crippen molar-refractivity contribution in [3.8, 4) is 0 Å². The number of hydrogen-bond donors (Lipinski definition) is 1. The molecule has 0 atom stereocenters. The van der Waals surface area contributed by atoms with Crippen LogP contribution in [0.2, 0.25) is 0 Å². The number of hydrogen-bond acceptors (Lipinski definition) is 4. The molecule has 0 aliphatic heterocycles. The van der Waals surface area contributed by atoms with E-state index in [-0.39, 0.29) is 6.54 Å². The van der Waals surface area contributed by atoms with Crippen LogP contribution >= 0.6 is 0 Å². The molecule has 0 fully saturated rings. The molecule has 0 bridgehead atoms. The minimum atomic E-state index is -3.13. The van der Waals surface area contributed by atoms with E-state index >= 15 is 0 Å². The maximum atomic E-state index is 10.9. The molecule has 0 radical (unpaired) electrons. The van der Waals surface area contributed by atoms with Crippen LogP contribution in [0, 0.1) is 0 Å². The third-order valence-corrected chi connectivity index (χ3v) is 2.66. The predicted molar refractivity (Wildman–Crippen MR) is 42.7 cm³/mol. The van der Waals surface area contributed by atoms with Gasteiger partial charge in [0.25, 0.3) is 0 Å². The summed E-state index contributed by atoms with van der Waals surface area (Å²) >= 11 is 0. The molecule has 0 unspecified atom stereocenters. The van der Waals surface area contributed by atoms with Gasteiger partial charge in [-0.3, -0.25) is 5.10 Å². The summed E-state index contributed by atoms with van der Waals surface area (Å²) in [5, 5.41) is 6.17. The second-order valence-corrected chi connectivity index (χ2v) is 4.54. The molecule has 1 N–H and O–H groups in total.